The molecule has 12 heteroatoms. The van der Waals surface area contributed by atoms with Gasteiger partial charge in [0.25, 0.3) is 0 Å². The second-order valence-electron chi connectivity index (χ2n) is 7.03. The van der Waals surface area contributed by atoms with Crippen LogP contribution in [0.15, 0.2) is 24.5 Å². The van der Waals surface area contributed by atoms with Crippen molar-refractivity contribution in [1.29, 1.82) is 0 Å². The zero-order valence-electron chi connectivity index (χ0n) is 16.9. The lowest BCUT2D eigenvalue weighted by Gasteiger charge is -2.36. The minimum absolute atomic E-state index is 0.0450. The number of hydrogen-bond donors (Lipinski definition) is 0. The van der Waals surface area contributed by atoms with Crippen LogP contribution in [0, 0.1) is 12.7 Å². The standard InChI is InChI=1S/C19H20Cl2FN7O2/c1-12-18(21)19(28-4-3-23-25-28)24-29(12)11-17(30)27-7-5-26(6-8-27)15-10-16(31-2)13(20)9-14(15)22/h3-4,9-10H,5-8,11H2,1-2H3. The molecular formula is C19H20Cl2FN7O2. The summed E-state index contributed by atoms with van der Waals surface area (Å²) in [4.78, 5) is 16.4. The second kappa shape index (κ2) is 8.72. The van der Waals surface area contributed by atoms with Gasteiger partial charge in [-0.05, 0) is 13.0 Å². The highest BCUT2D eigenvalue weighted by atomic mass is 35.5. The van der Waals surface area contributed by atoms with E-state index in [1.165, 1.54) is 24.1 Å². The van der Waals surface area contributed by atoms with E-state index in [-0.39, 0.29) is 17.5 Å². The third kappa shape index (κ3) is 4.17. The Morgan fingerprint density at radius 2 is 1.97 bits per heavy atom. The number of hydrogen-bond acceptors (Lipinski definition) is 6. The van der Waals surface area contributed by atoms with E-state index in [1.54, 1.807) is 28.8 Å². The molecule has 3 heterocycles. The number of ether oxygens (including phenoxy) is 1. The van der Waals surface area contributed by atoms with Gasteiger partial charge in [-0.15, -0.1) is 5.10 Å². The Balaban J connectivity index is 1.42. The van der Waals surface area contributed by atoms with Gasteiger partial charge < -0.3 is 14.5 Å². The number of benzene rings is 1. The SMILES string of the molecule is COc1cc(N2CCN(C(=O)Cn3nc(-n4ccnn4)c(Cl)c3C)CC2)c(F)cc1Cl. The van der Waals surface area contributed by atoms with Gasteiger partial charge in [0.05, 0.1) is 35.9 Å². The van der Waals surface area contributed by atoms with Crippen LogP contribution in [0.2, 0.25) is 10.0 Å². The summed E-state index contributed by atoms with van der Waals surface area (Å²) in [6.45, 7) is 3.70. The molecule has 0 aliphatic carbocycles. The van der Waals surface area contributed by atoms with Gasteiger partial charge in [0.15, 0.2) is 5.82 Å². The smallest absolute Gasteiger partial charge is 0.244 e. The van der Waals surface area contributed by atoms with Crippen molar-refractivity contribution in [2.24, 2.45) is 0 Å². The summed E-state index contributed by atoms with van der Waals surface area (Å²) in [6, 6.07) is 2.82. The number of halogens is 3. The molecular weight excluding hydrogens is 448 g/mol. The molecule has 1 saturated heterocycles. The predicted octanol–water partition coefficient (Wildman–Crippen LogP) is 2.58. The molecule has 9 nitrogen and oxygen atoms in total. The number of rotatable bonds is 5. The van der Waals surface area contributed by atoms with Crippen molar-refractivity contribution in [1.82, 2.24) is 29.7 Å². The Labute approximate surface area is 187 Å². The van der Waals surface area contributed by atoms with Gasteiger partial charge in [-0.1, -0.05) is 28.4 Å². The highest BCUT2D eigenvalue weighted by molar-refractivity contribution is 6.33. The fourth-order valence-corrected chi connectivity index (χ4v) is 3.92. The number of amides is 1. The normalized spacial score (nSPS) is 14.2. The average Bonchev–Trinajstić information content (AvgIpc) is 3.38. The van der Waals surface area contributed by atoms with Gasteiger partial charge in [-0.3, -0.25) is 9.48 Å². The summed E-state index contributed by atoms with van der Waals surface area (Å²) in [5.74, 6) is 0.307. The summed E-state index contributed by atoms with van der Waals surface area (Å²) in [5.41, 5.74) is 1.06. The monoisotopic (exact) mass is 467 g/mol. The Kier molecular flexibility index (Phi) is 6.01. The first-order valence-corrected chi connectivity index (χ1v) is 10.3. The topological polar surface area (TPSA) is 81.3 Å². The third-order valence-electron chi connectivity index (χ3n) is 5.24. The van der Waals surface area contributed by atoms with Crippen LogP contribution < -0.4 is 9.64 Å². The van der Waals surface area contributed by atoms with Gasteiger partial charge >= 0.3 is 0 Å². The lowest BCUT2D eigenvalue weighted by molar-refractivity contribution is -0.132. The van der Waals surface area contributed by atoms with Gasteiger partial charge in [0.2, 0.25) is 5.91 Å². The fourth-order valence-electron chi connectivity index (χ4n) is 3.47. The van der Waals surface area contributed by atoms with Crippen LogP contribution >= 0.6 is 23.2 Å². The maximum Gasteiger partial charge on any atom is 0.244 e. The molecule has 0 radical (unpaired) electrons. The molecule has 0 atom stereocenters. The first kappa shape index (κ1) is 21.4. The van der Waals surface area contributed by atoms with Crippen LogP contribution in [0.3, 0.4) is 0 Å². The number of carbonyl (C=O) groups is 1. The molecule has 164 valence electrons. The van der Waals surface area contributed by atoms with Crippen LogP contribution in [0.5, 0.6) is 5.75 Å². The van der Waals surface area contributed by atoms with Crippen molar-refractivity contribution < 1.29 is 13.9 Å². The summed E-state index contributed by atoms with van der Waals surface area (Å²) >= 11 is 12.3. The van der Waals surface area contributed by atoms with Gasteiger partial charge in [0.1, 0.15) is 23.1 Å². The summed E-state index contributed by atoms with van der Waals surface area (Å²) in [5, 5.41) is 12.7. The van der Waals surface area contributed by atoms with Crippen LogP contribution in [0.4, 0.5) is 10.1 Å². The maximum atomic E-state index is 14.4. The zero-order chi connectivity index (χ0) is 22.1. The molecule has 1 aromatic carbocycles. The summed E-state index contributed by atoms with van der Waals surface area (Å²) in [6.07, 6.45) is 3.15. The van der Waals surface area contributed by atoms with Crippen molar-refractivity contribution in [3.63, 3.8) is 0 Å². The van der Waals surface area contributed by atoms with E-state index in [1.807, 2.05) is 4.90 Å². The highest BCUT2D eigenvalue weighted by Crippen LogP contribution is 2.32. The molecule has 0 bridgehead atoms. The van der Waals surface area contributed by atoms with E-state index in [2.05, 4.69) is 15.4 Å². The molecule has 0 unspecified atom stereocenters. The number of nitrogens with zero attached hydrogens (tertiary/aromatic N) is 7. The molecule has 0 N–H and O–H groups in total. The predicted molar refractivity (Wildman–Crippen MR) is 114 cm³/mol. The second-order valence-corrected chi connectivity index (χ2v) is 7.82. The number of anilines is 1. The van der Waals surface area contributed by atoms with Gasteiger partial charge in [-0.25, -0.2) is 4.39 Å². The van der Waals surface area contributed by atoms with Crippen LogP contribution in [0.25, 0.3) is 5.82 Å². The molecule has 1 aliphatic heterocycles. The Morgan fingerprint density at radius 3 is 2.61 bits per heavy atom. The van der Waals surface area contributed by atoms with Crippen LogP contribution in [0.1, 0.15) is 5.69 Å². The number of carbonyl (C=O) groups excluding carboxylic acids is 1. The minimum atomic E-state index is -0.423. The molecule has 0 spiro atoms. The lowest BCUT2D eigenvalue weighted by Crippen LogP contribution is -2.50. The Hall–Kier alpha value is -2.85. The van der Waals surface area contributed by atoms with Gasteiger partial charge in [0, 0.05) is 32.2 Å². The molecule has 1 amide bonds. The molecule has 31 heavy (non-hydrogen) atoms. The number of aromatic nitrogens is 5. The maximum absolute atomic E-state index is 14.4. The quantitative estimate of drug-likeness (QED) is 0.573. The summed E-state index contributed by atoms with van der Waals surface area (Å²) < 4.78 is 22.6. The number of piperazine rings is 1. The van der Waals surface area contributed by atoms with Crippen molar-refractivity contribution in [2.45, 2.75) is 13.5 Å². The largest absolute Gasteiger partial charge is 0.495 e. The van der Waals surface area contributed by atoms with E-state index in [9.17, 15) is 9.18 Å². The zero-order valence-corrected chi connectivity index (χ0v) is 18.4. The minimum Gasteiger partial charge on any atom is -0.495 e. The van der Waals surface area contributed by atoms with E-state index in [4.69, 9.17) is 27.9 Å². The van der Waals surface area contributed by atoms with Crippen molar-refractivity contribution in [3.8, 4) is 11.6 Å². The highest BCUT2D eigenvalue weighted by Gasteiger charge is 2.25. The lowest BCUT2D eigenvalue weighted by atomic mass is 10.2. The molecule has 0 saturated carbocycles. The van der Waals surface area contributed by atoms with E-state index >= 15 is 0 Å². The number of methoxy groups -OCH3 is 1. The third-order valence-corrected chi connectivity index (χ3v) is 5.97. The molecule has 1 aliphatic rings. The van der Waals surface area contributed by atoms with Crippen molar-refractivity contribution in [2.75, 3.05) is 38.2 Å². The van der Waals surface area contributed by atoms with Gasteiger partial charge in [-0.2, -0.15) is 9.78 Å². The van der Waals surface area contributed by atoms with Crippen molar-refractivity contribution in [3.05, 3.63) is 46.1 Å². The van der Waals surface area contributed by atoms with E-state index in [0.29, 0.717) is 54.2 Å². The van der Waals surface area contributed by atoms with Crippen molar-refractivity contribution >= 4 is 34.8 Å². The summed E-state index contributed by atoms with van der Waals surface area (Å²) in [7, 11) is 1.48. The first-order valence-electron chi connectivity index (χ1n) is 9.54. The van der Waals surface area contributed by atoms with E-state index < -0.39 is 5.82 Å². The molecule has 3 aromatic rings. The first-order chi connectivity index (χ1) is 14.9. The Morgan fingerprint density at radius 1 is 1.23 bits per heavy atom. The van der Waals surface area contributed by atoms with Crippen LogP contribution in [-0.2, 0) is 11.3 Å². The average molecular weight is 468 g/mol. The molecule has 2 aromatic heterocycles. The van der Waals surface area contributed by atoms with Crippen LogP contribution in [-0.4, -0.2) is 68.9 Å². The molecule has 1 fully saturated rings. The fraction of sp³-hybridized carbons (Fsp3) is 0.368. The van der Waals surface area contributed by atoms with E-state index in [0.717, 1.165) is 0 Å². The molecule has 4 rings (SSSR count). The Bertz CT molecular complexity index is 1100.